The number of hydrogen-bond donors (Lipinski definition) is 1. The molecule has 1 amide bonds. The Labute approximate surface area is 195 Å². The van der Waals surface area contributed by atoms with E-state index >= 15 is 0 Å². The highest BCUT2D eigenvalue weighted by atomic mass is 35.5. The maximum Gasteiger partial charge on any atom is 0.236 e. The van der Waals surface area contributed by atoms with E-state index in [1.807, 2.05) is 43.3 Å². The lowest BCUT2D eigenvalue weighted by molar-refractivity contribution is -0.116. The lowest BCUT2D eigenvalue weighted by atomic mass is 9.84. The molecule has 0 aliphatic carbocycles. The van der Waals surface area contributed by atoms with Crippen molar-refractivity contribution < 1.29 is 9.53 Å². The third kappa shape index (κ3) is 4.02. The summed E-state index contributed by atoms with van der Waals surface area (Å²) >= 11 is 6.54. The third-order valence-electron chi connectivity index (χ3n) is 6.28. The number of aryl methyl sites for hydroxylation is 1. The smallest absolute Gasteiger partial charge is 0.236 e. The second-order valence-corrected chi connectivity index (χ2v) is 9.54. The van der Waals surface area contributed by atoms with Crippen LogP contribution in [0.15, 0.2) is 54.6 Å². The Balaban J connectivity index is 1.88. The standard InChI is InChI=1S/C28H30ClNO2/c1-16(2)20-11-8-12-21(17(3)4)26(20)30-28(31)25-22-10-7-6-9-19(22)15-32-27-23(29)14-13-18(5)24(25)27/h6-14,16-17,25H,15H2,1-5H3,(H,30,31). The van der Waals surface area contributed by atoms with Crippen LogP contribution in [0.5, 0.6) is 5.75 Å². The summed E-state index contributed by atoms with van der Waals surface area (Å²) in [5, 5.41) is 3.86. The van der Waals surface area contributed by atoms with Crippen LogP contribution in [0, 0.1) is 6.92 Å². The number of benzene rings is 3. The van der Waals surface area contributed by atoms with Crippen molar-refractivity contribution in [2.24, 2.45) is 0 Å². The Kier molecular flexibility index (Phi) is 6.30. The van der Waals surface area contributed by atoms with Crippen LogP contribution < -0.4 is 10.1 Å². The highest BCUT2D eigenvalue weighted by molar-refractivity contribution is 6.32. The highest BCUT2D eigenvalue weighted by Crippen LogP contribution is 2.44. The van der Waals surface area contributed by atoms with Crippen molar-refractivity contribution in [1.29, 1.82) is 0 Å². The van der Waals surface area contributed by atoms with Crippen LogP contribution in [0.1, 0.15) is 78.8 Å². The van der Waals surface area contributed by atoms with Crippen LogP contribution in [-0.4, -0.2) is 5.91 Å². The quantitative estimate of drug-likeness (QED) is 0.448. The van der Waals surface area contributed by atoms with Gasteiger partial charge in [0.2, 0.25) is 5.91 Å². The van der Waals surface area contributed by atoms with E-state index in [4.69, 9.17) is 16.3 Å². The first-order chi connectivity index (χ1) is 15.3. The summed E-state index contributed by atoms with van der Waals surface area (Å²) in [5.41, 5.74) is 7.00. The van der Waals surface area contributed by atoms with Crippen molar-refractivity contribution in [1.82, 2.24) is 0 Å². The minimum absolute atomic E-state index is 0.0652. The summed E-state index contributed by atoms with van der Waals surface area (Å²) < 4.78 is 6.13. The lowest BCUT2D eigenvalue weighted by Gasteiger charge is -2.25. The van der Waals surface area contributed by atoms with Gasteiger partial charge >= 0.3 is 0 Å². The van der Waals surface area contributed by atoms with Gasteiger partial charge in [-0.3, -0.25) is 4.79 Å². The molecule has 0 aromatic heterocycles. The Hall–Kier alpha value is -2.78. The van der Waals surface area contributed by atoms with E-state index in [0.29, 0.717) is 17.4 Å². The van der Waals surface area contributed by atoms with Crippen molar-refractivity contribution in [3.63, 3.8) is 0 Å². The normalized spacial score (nSPS) is 15.1. The van der Waals surface area contributed by atoms with Crippen molar-refractivity contribution in [3.05, 3.63) is 93.0 Å². The lowest BCUT2D eigenvalue weighted by Crippen LogP contribution is -2.25. The molecule has 1 aliphatic heterocycles. The molecule has 0 radical (unpaired) electrons. The molecule has 166 valence electrons. The average molecular weight is 448 g/mol. The molecule has 0 saturated carbocycles. The number of amides is 1. The average Bonchev–Trinajstić information content (AvgIpc) is 2.94. The van der Waals surface area contributed by atoms with Crippen LogP contribution in [0.3, 0.4) is 0 Å². The van der Waals surface area contributed by atoms with Gasteiger partial charge in [0, 0.05) is 11.3 Å². The molecule has 32 heavy (non-hydrogen) atoms. The summed E-state index contributed by atoms with van der Waals surface area (Å²) in [6.07, 6.45) is 0. The molecule has 1 atom stereocenters. The van der Waals surface area contributed by atoms with Crippen LogP contribution >= 0.6 is 11.6 Å². The molecule has 0 saturated heterocycles. The predicted octanol–water partition coefficient (Wildman–Crippen LogP) is 7.56. The third-order valence-corrected chi connectivity index (χ3v) is 6.57. The molecule has 1 N–H and O–H groups in total. The number of fused-ring (bicyclic) bond motifs is 2. The van der Waals surface area contributed by atoms with Crippen molar-refractivity contribution in [3.8, 4) is 5.75 Å². The van der Waals surface area contributed by atoms with Crippen LogP contribution in [0.4, 0.5) is 5.69 Å². The van der Waals surface area contributed by atoms with Crippen LogP contribution in [-0.2, 0) is 11.4 Å². The second kappa shape index (κ2) is 8.99. The molecule has 1 unspecified atom stereocenters. The number of para-hydroxylation sites is 1. The molecule has 3 aromatic carbocycles. The first kappa shape index (κ1) is 22.4. The zero-order valence-corrected chi connectivity index (χ0v) is 20.1. The number of nitrogens with one attached hydrogen (secondary N) is 1. The fraction of sp³-hybridized carbons (Fsp3) is 0.321. The Morgan fingerprint density at radius 2 is 1.62 bits per heavy atom. The van der Waals surface area contributed by atoms with Crippen LogP contribution in [0.2, 0.25) is 5.02 Å². The second-order valence-electron chi connectivity index (χ2n) is 9.14. The Morgan fingerprint density at radius 1 is 0.969 bits per heavy atom. The van der Waals surface area contributed by atoms with E-state index < -0.39 is 5.92 Å². The maximum absolute atomic E-state index is 14.0. The van der Waals surface area contributed by atoms with Crippen molar-refractivity contribution in [2.75, 3.05) is 5.32 Å². The number of carbonyl (C=O) groups is 1. The topological polar surface area (TPSA) is 38.3 Å². The summed E-state index contributed by atoms with van der Waals surface area (Å²) in [7, 11) is 0. The van der Waals surface area contributed by atoms with Gasteiger partial charge in [-0.15, -0.1) is 0 Å². The summed E-state index contributed by atoms with van der Waals surface area (Å²) in [6.45, 7) is 11.0. The van der Waals surface area contributed by atoms with Gasteiger partial charge in [0.1, 0.15) is 12.4 Å². The monoisotopic (exact) mass is 447 g/mol. The molecule has 0 bridgehead atoms. The zero-order valence-electron chi connectivity index (χ0n) is 19.3. The largest absolute Gasteiger partial charge is 0.487 e. The van der Waals surface area contributed by atoms with Gasteiger partial charge in [-0.1, -0.05) is 87.8 Å². The zero-order chi connectivity index (χ0) is 23.0. The fourth-order valence-electron chi connectivity index (χ4n) is 4.59. The number of ether oxygens (including phenoxy) is 1. The summed E-state index contributed by atoms with van der Waals surface area (Å²) in [6, 6.07) is 18.1. The molecule has 4 heteroatoms. The summed E-state index contributed by atoms with van der Waals surface area (Å²) in [4.78, 5) is 14.0. The van der Waals surface area contributed by atoms with E-state index in [-0.39, 0.29) is 17.7 Å². The van der Waals surface area contributed by atoms with Crippen molar-refractivity contribution >= 4 is 23.2 Å². The molecule has 1 aliphatic rings. The van der Waals surface area contributed by atoms with Gasteiger partial charge in [0.25, 0.3) is 0 Å². The Bertz CT molecular complexity index is 1140. The van der Waals surface area contributed by atoms with Gasteiger partial charge in [-0.2, -0.15) is 0 Å². The molecule has 1 heterocycles. The molecule has 0 fully saturated rings. The molecular formula is C28H30ClNO2. The van der Waals surface area contributed by atoms with E-state index in [1.54, 1.807) is 0 Å². The number of rotatable bonds is 4. The van der Waals surface area contributed by atoms with Gasteiger partial charge in [0.15, 0.2) is 0 Å². The van der Waals surface area contributed by atoms with Gasteiger partial charge in [0.05, 0.1) is 10.9 Å². The highest BCUT2D eigenvalue weighted by Gasteiger charge is 2.33. The number of hydrogen-bond acceptors (Lipinski definition) is 2. The maximum atomic E-state index is 14.0. The first-order valence-corrected chi connectivity index (χ1v) is 11.6. The number of carbonyl (C=O) groups excluding carboxylic acids is 1. The van der Waals surface area contributed by atoms with E-state index in [1.165, 1.54) is 0 Å². The minimum Gasteiger partial charge on any atom is -0.487 e. The van der Waals surface area contributed by atoms with E-state index in [9.17, 15) is 4.79 Å². The van der Waals surface area contributed by atoms with Gasteiger partial charge in [-0.25, -0.2) is 0 Å². The first-order valence-electron chi connectivity index (χ1n) is 11.2. The van der Waals surface area contributed by atoms with Gasteiger partial charge < -0.3 is 10.1 Å². The number of anilines is 1. The van der Waals surface area contributed by atoms with Crippen LogP contribution in [0.25, 0.3) is 0 Å². The van der Waals surface area contributed by atoms with Gasteiger partial charge in [-0.05, 0) is 52.6 Å². The molecule has 0 spiro atoms. The molecule has 3 aromatic rings. The van der Waals surface area contributed by atoms with E-state index in [0.717, 1.165) is 39.1 Å². The SMILES string of the molecule is Cc1ccc(Cl)c2c1C(C(=O)Nc1c(C(C)C)cccc1C(C)C)c1ccccc1CO2. The fourth-order valence-corrected chi connectivity index (χ4v) is 4.81. The summed E-state index contributed by atoms with van der Waals surface area (Å²) in [5.74, 6) is 0.603. The molecule has 4 rings (SSSR count). The number of halogens is 1. The minimum atomic E-state index is -0.511. The molecular weight excluding hydrogens is 418 g/mol. The van der Waals surface area contributed by atoms with E-state index in [2.05, 4.69) is 51.2 Å². The van der Waals surface area contributed by atoms with Crippen molar-refractivity contribution in [2.45, 2.75) is 59.0 Å². The molecule has 3 nitrogen and oxygen atoms in total. The predicted molar refractivity (Wildman–Crippen MR) is 132 cm³/mol. The Morgan fingerprint density at radius 3 is 2.28 bits per heavy atom.